The van der Waals surface area contributed by atoms with Gasteiger partial charge in [-0.2, -0.15) is 5.10 Å². The number of fused-ring (bicyclic) bond motifs is 1. The third-order valence-corrected chi connectivity index (χ3v) is 3.86. The Hall–Kier alpha value is -1.89. The number of benzene rings is 1. The third-order valence-electron chi connectivity index (χ3n) is 3.86. The van der Waals surface area contributed by atoms with Gasteiger partial charge < -0.3 is 9.88 Å². The van der Waals surface area contributed by atoms with E-state index in [4.69, 9.17) is 4.98 Å². The fourth-order valence-corrected chi connectivity index (χ4v) is 2.81. The molecular formula is C16H20Cl2N6. The molecule has 0 spiro atoms. The first kappa shape index (κ1) is 18.4. The van der Waals surface area contributed by atoms with Crippen LogP contribution in [-0.4, -0.2) is 37.4 Å². The van der Waals surface area contributed by atoms with Crippen molar-refractivity contribution in [3.8, 4) is 17.2 Å². The number of imidazole rings is 1. The number of aromatic nitrogens is 5. The van der Waals surface area contributed by atoms with Crippen LogP contribution >= 0.6 is 24.8 Å². The lowest BCUT2D eigenvalue weighted by Gasteiger charge is -2.03. The molecule has 128 valence electrons. The molecule has 8 heteroatoms. The highest BCUT2D eigenvalue weighted by molar-refractivity contribution is 5.85. The summed E-state index contributed by atoms with van der Waals surface area (Å²) in [6.45, 7) is 4.81. The molecule has 1 aliphatic heterocycles. The van der Waals surface area contributed by atoms with E-state index in [9.17, 15) is 0 Å². The molecule has 3 heterocycles. The first-order valence-corrected chi connectivity index (χ1v) is 7.57. The topological polar surface area (TPSA) is 60.6 Å². The Bertz CT molecular complexity index is 773. The van der Waals surface area contributed by atoms with E-state index >= 15 is 0 Å². The average molecular weight is 367 g/mol. The van der Waals surface area contributed by atoms with Gasteiger partial charge in [0.2, 0.25) is 0 Å². The van der Waals surface area contributed by atoms with Gasteiger partial charge >= 0.3 is 0 Å². The quantitative estimate of drug-likeness (QED) is 0.756. The zero-order valence-electron chi connectivity index (χ0n) is 13.3. The smallest absolute Gasteiger partial charge is 0.183 e. The molecule has 0 aliphatic carbocycles. The van der Waals surface area contributed by atoms with E-state index in [-0.39, 0.29) is 24.8 Å². The number of hydrogen-bond acceptors (Lipinski definition) is 4. The number of para-hydroxylation sites is 1. The van der Waals surface area contributed by atoms with Crippen LogP contribution in [0, 0.1) is 6.92 Å². The third kappa shape index (κ3) is 3.45. The lowest BCUT2D eigenvalue weighted by Crippen LogP contribution is -2.17. The van der Waals surface area contributed by atoms with Gasteiger partial charge in [0.1, 0.15) is 17.3 Å². The second kappa shape index (κ2) is 7.79. The summed E-state index contributed by atoms with van der Waals surface area (Å²) < 4.78 is 4.09. The Morgan fingerprint density at radius 2 is 1.83 bits per heavy atom. The predicted molar refractivity (Wildman–Crippen MR) is 98.4 cm³/mol. The molecule has 1 aromatic carbocycles. The molecule has 3 aromatic rings. The second-order valence-corrected chi connectivity index (χ2v) is 5.47. The SMILES string of the molecule is Cc1nc(-c2cn3c(n2)CCNCC3)n(-c2ccccc2)n1.Cl.Cl. The summed E-state index contributed by atoms with van der Waals surface area (Å²) in [4.78, 5) is 9.36. The van der Waals surface area contributed by atoms with Crippen LogP contribution in [0.5, 0.6) is 0 Å². The van der Waals surface area contributed by atoms with Crippen molar-refractivity contribution in [1.29, 1.82) is 0 Å². The minimum atomic E-state index is 0. The van der Waals surface area contributed by atoms with Crippen molar-refractivity contribution in [1.82, 2.24) is 29.6 Å². The van der Waals surface area contributed by atoms with Gasteiger partial charge in [-0.3, -0.25) is 0 Å². The maximum atomic E-state index is 4.78. The second-order valence-electron chi connectivity index (χ2n) is 5.47. The van der Waals surface area contributed by atoms with Crippen LogP contribution in [0.3, 0.4) is 0 Å². The van der Waals surface area contributed by atoms with Gasteiger partial charge in [-0.1, -0.05) is 18.2 Å². The molecule has 0 saturated heterocycles. The van der Waals surface area contributed by atoms with Crippen molar-refractivity contribution in [2.75, 3.05) is 13.1 Å². The lowest BCUT2D eigenvalue weighted by atomic mass is 10.3. The minimum Gasteiger partial charge on any atom is -0.333 e. The van der Waals surface area contributed by atoms with Crippen LogP contribution in [0.1, 0.15) is 11.6 Å². The molecule has 2 aromatic heterocycles. The van der Waals surface area contributed by atoms with Gasteiger partial charge in [0.15, 0.2) is 5.82 Å². The summed E-state index contributed by atoms with van der Waals surface area (Å²) in [7, 11) is 0. The zero-order valence-corrected chi connectivity index (χ0v) is 15.0. The van der Waals surface area contributed by atoms with Crippen LogP contribution in [-0.2, 0) is 13.0 Å². The minimum absolute atomic E-state index is 0. The number of halogens is 2. The highest BCUT2D eigenvalue weighted by atomic mass is 35.5. The van der Waals surface area contributed by atoms with Crippen molar-refractivity contribution >= 4 is 24.8 Å². The summed E-state index contributed by atoms with van der Waals surface area (Å²) >= 11 is 0. The first-order chi connectivity index (χ1) is 10.8. The van der Waals surface area contributed by atoms with E-state index in [2.05, 4.69) is 26.2 Å². The van der Waals surface area contributed by atoms with Crippen LogP contribution in [0.2, 0.25) is 0 Å². The van der Waals surface area contributed by atoms with Crippen LogP contribution in [0.4, 0.5) is 0 Å². The van der Waals surface area contributed by atoms with E-state index in [0.717, 1.165) is 54.9 Å². The van der Waals surface area contributed by atoms with E-state index in [0.29, 0.717) is 0 Å². The van der Waals surface area contributed by atoms with Crippen LogP contribution in [0.15, 0.2) is 36.5 Å². The molecule has 6 nitrogen and oxygen atoms in total. The molecule has 0 atom stereocenters. The van der Waals surface area contributed by atoms with Gasteiger partial charge in [-0.05, 0) is 19.1 Å². The average Bonchev–Trinajstić information content (AvgIpc) is 3.05. The van der Waals surface area contributed by atoms with Gasteiger partial charge in [0.25, 0.3) is 0 Å². The van der Waals surface area contributed by atoms with Crippen molar-refractivity contribution in [3.63, 3.8) is 0 Å². The number of aryl methyl sites for hydroxylation is 1. The molecule has 0 saturated carbocycles. The van der Waals surface area contributed by atoms with E-state index in [1.807, 2.05) is 41.9 Å². The standard InChI is InChI=1S/C16H18N6.2ClH/c1-12-18-16(22(20-12)13-5-3-2-4-6-13)14-11-21-10-9-17-8-7-15(21)19-14;;/h2-6,11,17H,7-10H2,1H3;2*1H. The van der Waals surface area contributed by atoms with Gasteiger partial charge in [0, 0.05) is 32.3 Å². The molecular weight excluding hydrogens is 347 g/mol. The van der Waals surface area contributed by atoms with Crippen molar-refractivity contribution in [2.24, 2.45) is 0 Å². The fraction of sp³-hybridized carbons (Fsp3) is 0.312. The monoisotopic (exact) mass is 366 g/mol. The van der Waals surface area contributed by atoms with Gasteiger partial charge in [-0.15, -0.1) is 24.8 Å². The molecule has 0 unspecified atom stereocenters. The van der Waals surface area contributed by atoms with Gasteiger partial charge in [0.05, 0.1) is 5.69 Å². The van der Waals surface area contributed by atoms with Crippen molar-refractivity contribution in [2.45, 2.75) is 19.9 Å². The largest absolute Gasteiger partial charge is 0.333 e. The number of nitrogens with zero attached hydrogens (tertiary/aromatic N) is 5. The Morgan fingerprint density at radius 3 is 2.62 bits per heavy atom. The molecule has 0 fully saturated rings. The molecule has 0 radical (unpaired) electrons. The molecule has 4 rings (SSSR count). The summed E-state index contributed by atoms with van der Waals surface area (Å²) in [5.41, 5.74) is 1.89. The Morgan fingerprint density at radius 1 is 1.04 bits per heavy atom. The fourth-order valence-electron chi connectivity index (χ4n) is 2.81. The molecule has 1 N–H and O–H groups in total. The molecule has 0 amide bonds. The van der Waals surface area contributed by atoms with E-state index in [1.165, 1.54) is 0 Å². The number of hydrogen-bond donors (Lipinski definition) is 1. The summed E-state index contributed by atoms with van der Waals surface area (Å²) in [5.74, 6) is 2.67. The van der Waals surface area contributed by atoms with Crippen molar-refractivity contribution in [3.05, 3.63) is 48.2 Å². The molecule has 1 aliphatic rings. The first-order valence-electron chi connectivity index (χ1n) is 7.57. The van der Waals surface area contributed by atoms with Crippen molar-refractivity contribution < 1.29 is 0 Å². The molecule has 0 bridgehead atoms. The molecule has 24 heavy (non-hydrogen) atoms. The Kier molecular flexibility index (Phi) is 5.99. The van der Waals surface area contributed by atoms with Gasteiger partial charge in [-0.25, -0.2) is 14.6 Å². The van der Waals surface area contributed by atoms with E-state index in [1.54, 1.807) is 0 Å². The zero-order chi connectivity index (χ0) is 14.9. The maximum Gasteiger partial charge on any atom is 0.183 e. The van der Waals surface area contributed by atoms with E-state index < -0.39 is 0 Å². The Balaban J connectivity index is 0.00000104. The highest BCUT2D eigenvalue weighted by Gasteiger charge is 2.17. The van der Waals surface area contributed by atoms with Crippen LogP contribution in [0.25, 0.3) is 17.2 Å². The highest BCUT2D eigenvalue weighted by Crippen LogP contribution is 2.21. The summed E-state index contributed by atoms with van der Waals surface area (Å²) in [6.07, 6.45) is 3.03. The normalized spacial score (nSPS) is 13.4. The summed E-state index contributed by atoms with van der Waals surface area (Å²) in [6, 6.07) is 10.1. The number of rotatable bonds is 2. The van der Waals surface area contributed by atoms with Crippen LogP contribution < -0.4 is 5.32 Å². The number of nitrogens with one attached hydrogen (secondary N) is 1. The maximum absolute atomic E-state index is 4.78. The lowest BCUT2D eigenvalue weighted by molar-refractivity contribution is 0.646. The predicted octanol–water partition coefficient (Wildman–Crippen LogP) is 2.43. The Labute approximate surface area is 153 Å². The summed E-state index contributed by atoms with van der Waals surface area (Å²) in [5, 5.41) is 7.91.